The van der Waals surface area contributed by atoms with Gasteiger partial charge in [-0.05, 0) is 56.1 Å². The number of hydrogen-bond donors (Lipinski definition) is 3. The van der Waals surface area contributed by atoms with Crippen LogP contribution in [0.15, 0.2) is 54.7 Å². The summed E-state index contributed by atoms with van der Waals surface area (Å²) in [7, 11) is 1.73. The zero-order valence-electron chi connectivity index (χ0n) is 21.7. The van der Waals surface area contributed by atoms with Crippen LogP contribution in [0, 0.1) is 5.82 Å². The minimum atomic E-state index is -0.567. The molecule has 0 bridgehead atoms. The van der Waals surface area contributed by atoms with Crippen LogP contribution < -0.4 is 10.6 Å². The first-order valence-electron chi connectivity index (χ1n) is 13.2. The molecule has 0 radical (unpaired) electrons. The molecule has 5 atom stereocenters. The fourth-order valence-electron chi connectivity index (χ4n) is 6.11. The van der Waals surface area contributed by atoms with Crippen LogP contribution in [0.2, 0.25) is 0 Å². The molecule has 0 spiro atoms. The van der Waals surface area contributed by atoms with Crippen molar-refractivity contribution >= 4 is 22.7 Å². The van der Waals surface area contributed by atoms with Gasteiger partial charge >= 0.3 is 0 Å². The fourth-order valence-corrected chi connectivity index (χ4v) is 6.11. The second-order valence-electron chi connectivity index (χ2n) is 10.3. The van der Waals surface area contributed by atoms with Crippen molar-refractivity contribution in [3.05, 3.63) is 71.7 Å². The summed E-state index contributed by atoms with van der Waals surface area (Å²) in [6.45, 7) is 5.99. The van der Waals surface area contributed by atoms with E-state index >= 15 is 0 Å². The number of halogens is 1. The van der Waals surface area contributed by atoms with E-state index in [0.29, 0.717) is 13.0 Å². The lowest BCUT2D eigenvalue weighted by Gasteiger charge is -2.32. The molecule has 1 aromatic heterocycles. The Bertz CT molecular complexity index is 1260. The van der Waals surface area contributed by atoms with E-state index in [4.69, 9.17) is 0 Å². The van der Waals surface area contributed by atoms with Crippen molar-refractivity contribution in [3.8, 4) is 0 Å². The Morgan fingerprint density at radius 2 is 1.97 bits per heavy atom. The number of nitrogens with one attached hydrogen (secondary N) is 3. The van der Waals surface area contributed by atoms with Gasteiger partial charge in [0, 0.05) is 48.7 Å². The maximum atomic E-state index is 13.9. The van der Waals surface area contributed by atoms with Crippen molar-refractivity contribution in [2.24, 2.45) is 0 Å². The number of likely N-dealkylation sites (tertiary alicyclic amines) is 2. The lowest BCUT2D eigenvalue weighted by Crippen LogP contribution is -2.54. The van der Waals surface area contributed by atoms with Gasteiger partial charge in [-0.1, -0.05) is 37.3 Å². The van der Waals surface area contributed by atoms with Gasteiger partial charge in [0.1, 0.15) is 11.9 Å². The Morgan fingerprint density at radius 3 is 2.70 bits per heavy atom. The molecule has 196 valence electrons. The molecule has 8 heteroatoms. The molecule has 2 aromatic carbocycles. The number of amides is 2. The summed E-state index contributed by atoms with van der Waals surface area (Å²) in [6.07, 6.45) is 3.39. The molecule has 3 heterocycles. The molecular formula is C29H36FN5O2. The molecule has 2 fully saturated rings. The summed E-state index contributed by atoms with van der Waals surface area (Å²) < 4.78 is 13.9. The van der Waals surface area contributed by atoms with E-state index in [1.165, 1.54) is 17.7 Å². The van der Waals surface area contributed by atoms with Crippen molar-refractivity contribution in [3.63, 3.8) is 0 Å². The zero-order valence-corrected chi connectivity index (χ0v) is 21.7. The SMILES string of the molecule is CC[C@H](NC(=O)[C@H](C)NC)C(=O)N1CC[C@@H]2[C@H]1[C@H](c1c[nH]c3cc(F)ccc13)CN2Cc1ccccc1. The second-order valence-corrected chi connectivity index (χ2v) is 10.3. The predicted octanol–water partition coefficient (Wildman–Crippen LogP) is 3.38. The number of benzene rings is 2. The second kappa shape index (κ2) is 10.6. The van der Waals surface area contributed by atoms with Crippen molar-refractivity contribution in [2.45, 2.75) is 63.3 Å². The van der Waals surface area contributed by atoms with E-state index in [9.17, 15) is 14.0 Å². The van der Waals surface area contributed by atoms with Gasteiger partial charge < -0.3 is 20.5 Å². The van der Waals surface area contributed by atoms with Gasteiger partial charge in [-0.3, -0.25) is 14.5 Å². The molecule has 2 amide bonds. The van der Waals surface area contributed by atoms with Crippen molar-refractivity contribution in [1.82, 2.24) is 25.4 Å². The van der Waals surface area contributed by atoms with Crippen LogP contribution in [0.1, 0.15) is 43.7 Å². The Labute approximate surface area is 217 Å². The Kier molecular flexibility index (Phi) is 7.31. The number of likely N-dealkylation sites (N-methyl/N-ethyl adjacent to an activating group) is 1. The van der Waals surface area contributed by atoms with E-state index < -0.39 is 6.04 Å². The normalized spacial score (nSPS) is 23.2. The van der Waals surface area contributed by atoms with Crippen LogP contribution >= 0.6 is 0 Å². The summed E-state index contributed by atoms with van der Waals surface area (Å²) in [5.41, 5.74) is 3.12. The molecule has 0 unspecified atom stereocenters. The van der Waals surface area contributed by atoms with Gasteiger partial charge in [0.25, 0.3) is 0 Å². The fraction of sp³-hybridized carbons (Fsp3) is 0.448. The van der Waals surface area contributed by atoms with Crippen LogP contribution in [-0.4, -0.2) is 70.9 Å². The Balaban J connectivity index is 1.46. The van der Waals surface area contributed by atoms with Crippen LogP contribution in [0.25, 0.3) is 10.9 Å². The van der Waals surface area contributed by atoms with Gasteiger partial charge in [-0.15, -0.1) is 0 Å². The van der Waals surface area contributed by atoms with Crippen molar-refractivity contribution < 1.29 is 14.0 Å². The van der Waals surface area contributed by atoms with Gasteiger partial charge in [-0.25, -0.2) is 4.39 Å². The van der Waals surface area contributed by atoms with Crippen LogP contribution in [0.5, 0.6) is 0 Å². The molecule has 7 nitrogen and oxygen atoms in total. The number of aromatic nitrogens is 1. The average Bonchev–Trinajstić information content (AvgIpc) is 3.61. The number of hydrogen-bond acceptors (Lipinski definition) is 4. The average molecular weight is 506 g/mol. The summed E-state index contributed by atoms with van der Waals surface area (Å²) >= 11 is 0. The highest BCUT2D eigenvalue weighted by atomic mass is 19.1. The van der Waals surface area contributed by atoms with E-state index in [0.717, 1.165) is 36.0 Å². The number of carbonyl (C=O) groups excluding carboxylic acids is 2. The Hall–Kier alpha value is -3.23. The standard InChI is InChI=1S/C29H36FN5O2/c1-4-24(33-28(36)18(2)31-3)29(37)35-13-12-26-27(35)23(17-34(26)16-19-8-6-5-7-9-19)22-15-32-25-14-20(30)10-11-21(22)25/h5-11,14-15,18,23-24,26-27,31-32H,4,12-13,16-17H2,1-3H3,(H,33,36)/t18-,23-,24-,26+,27+/m0/s1. The molecule has 5 rings (SSSR count). The summed E-state index contributed by atoms with van der Waals surface area (Å²) in [4.78, 5) is 34.2. The largest absolute Gasteiger partial charge is 0.361 e. The highest BCUT2D eigenvalue weighted by Gasteiger charge is 2.51. The molecule has 0 saturated carbocycles. The zero-order chi connectivity index (χ0) is 26.1. The third-order valence-electron chi connectivity index (χ3n) is 8.17. The molecule has 37 heavy (non-hydrogen) atoms. The highest BCUT2D eigenvalue weighted by molar-refractivity contribution is 5.90. The van der Waals surface area contributed by atoms with E-state index in [1.54, 1.807) is 14.0 Å². The van der Waals surface area contributed by atoms with Gasteiger partial charge in [0.05, 0.1) is 12.1 Å². The third kappa shape index (κ3) is 4.88. The number of fused-ring (bicyclic) bond motifs is 2. The molecule has 3 N–H and O–H groups in total. The number of nitrogens with zero attached hydrogens (tertiary/aromatic N) is 2. The first-order chi connectivity index (χ1) is 17.9. The summed E-state index contributed by atoms with van der Waals surface area (Å²) in [5, 5.41) is 6.89. The summed E-state index contributed by atoms with van der Waals surface area (Å²) in [5.74, 6) is -0.399. The molecule has 2 saturated heterocycles. The third-order valence-corrected chi connectivity index (χ3v) is 8.17. The highest BCUT2D eigenvalue weighted by Crippen LogP contribution is 2.43. The molecule has 3 aromatic rings. The maximum absolute atomic E-state index is 13.9. The predicted molar refractivity (Wildman–Crippen MR) is 142 cm³/mol. The molecule has 2 aliphatic rings. The lowest BCUT2D eigenvalue weighted by atomic mass is 9.91. The number of H-pyrrole nitrogens is 1. The first-order valence-corrected chi connectivity index (χ1v) is 13.2. The minimum absolute atomic E-state index is 0.0204. The maximum Gasteiger partial charge on any atom is 0.245 e. The van der Waals surface area contributed by atoms with Crippen molar-refractivity contribution in [1.29, 1.82) is 0 Å². The number of rotatable bonds is 8. The van der Waals surface area contributed by atoms with Crippen LogP contribution in [-0.2, 0) is 16.1 Å². The quantitative estimate of drug-likeness (QED) is 0.439. The van der Waals surface area contributed by atoms with E-state index in [1.807, 2.05) is 30.2 Å². The monoisotopic (exact) mass is 505 g/mol. The Morgan fingerprint density at radius 1 is 1.19 bits per heavy atom. The minimum Gasteiger partial charge on any atom is -0.361 e. The van der Waals surface area contributed by atoms with E-state index in [-0.39, 0.29) is 41.7 Å². The lowest BCUT2D eigenvalue weighted by molar-refractivity contribution is -0.137. The van der Waals surface area contributed by atoms with Crippen molar-refractivity contribution in [2.75, 3.05) is 20.1 Å². The van der Waals surface area contributed by atoms with Gasteiger partial charge in [0.2, 0.25) is 11.8 Å². The van der Waals surface area contributed by atoms with Gasteiger partial charge in [-0.2, -0.15) is 0 Å². The molecular weight excluding hydrogens is 469 g/mol. The first kappa shape index (κ1) is 25.4. The van der Waals surface area contributed by atoms with Crippen LogP contribution in [0.3, 0.4) is 0 Å². The topological polar surface area (TPSA) is 80.5 Å². The number of carbonyl (C=O) groups is 2. The molecule has 0 aliphatic carbocycles. The summed E-state index contributed by atoms with van der Waals surface area (Å²) in [6, 6.07) is 14.5. The number of aromatic amines is 1. The van der Waals surface area contributed by atoms with Crippen LogP contribution in [0.4, 0.5) is 4.39 Å². The van der Waals surface area contributed by atoms with E-state index in [2.05, 4.69) is 44.8 Å². The van der Waals surface area contributed by atoms with Gasteiger partial charge in [0.15, 0.2) is 0 Å². The molecule has 2 aliphatic heterocycles. The smallest absolute Gasteiger partial charge is 0.245 e.